The average molecular weight is 373 g/mol. The molecule has 134 valence electrons. The minimum atomic E-state index is 0.523. The monoisotopic (exact) mass is 373 g/mol. The van der Waals surface area contributed by atoms with Gasteiger partial charge in [0.25, 0.3) is 0 Å². The summed E-state index contributed by atoms with van der Waals surface area (Å²) in [6.45, 7) is 2.14. The summed E-state index contributed by atoms with van der Waals surface area (Å²) in [4.78, 5) is 14.2. The predicted octanol–water partition coefficient (Wildman–Crippen LogP) is 5.06. The second kappa shape index (κ2) is 7.63. The van der Waals surface area contributed by atoms with Gasteiger partial charge in [0.15, 0.2) is 5.82 Å². The number of nitrogens with two attached hydrogens (primary N) is 1. The molecule has 0 bridgehead atoms. The number of benzene rings is 2. The number of para-hydroxylation sites is 1. The summed E-state index contributed by atoms with van der Waals surface area (Å²) >= 11 is 1.50. The Morgan fingerprint density at radius 3 is 2.59 bits per heavy atom. The summed E-state index contributed by atoms with van der Waals surface area (Å²) in [6.07, 6.45) is 4.33. The molecule has 3 N–H and O–H groups in total. The number of rotatable bonds is 5. The standard InChI is InChI=1S/C21H19N5S/c1-2-14-8-10-16(11-9-14)26-20-18(22)21(25-13-24-20)27-17-7-3-5-15-6-4-12-23-19(15)17/h3-13H,2,22H2,1H3,(H,24,25,26). The molecule has 0 saturated carbocycles. The van der Waals surface area contributed by atoms with Gasteiger partial charge in [-0.25, -0.2) is 9.97 Å². The molecule has 0 unspecified atom stereocenters. The second-order valence-corrected chi connectivity index (χ2v) is 7.08. The molecule has 0 spiro atoms. The van der Waals surface area contributed by atoms with Crippen LogP contribution in [0.3, 0.4) is 0 Å². The lowest BCUT2D eigenvalue weighted by Gasteiger charge is -2.12. The van der Waals surface area contributed by atoms with Gasteiger partial charge in [-0.2, -0.15) is 0 Å². The van der Waals surface area contributed by atoms with Crippen molar-refractivity contribution in [2.75, 3.05) is 11.1 Å². The molecule has 6 heteroatoms. The van der Waals surface area contributed by atoms with Gasteiger partial charge in [0, 0.05) is 22.2 Å². The first kappa shape index (κ1) is 17.3. The molecule has 27 heavy (non-hydrogen) atoms. The summed E-state index contributed by atoms with van der Waals surface area (Å²) in [7, 11) is 0. The number of pyridine rings is 1. The lowest BCUT2D eigenvalue weighted by molar-refractivity contribution is 1.06. The Bertz CT molecular complexity index is 1070. The first-order valence-electron chi connectivity index (χ1n) is 8.72. The predicted molar refractivity (Wildman–Crippen MR) is 111 cm³/mol. The third kappa shape index (κ3) is 3.71. The summed E-state index contributed by atoms with van der Waals surface area (Å²) in [5.41, 5.74) is 10.0. The maximum atomic E-state index is 6.35. The van der Waals surface area contributed by atoms with Gasteiger partial charge in [0.05, 0.1) is 5.52 Å². The number of aryl methyl sites for hydroxylation is 1. The van der Waals surface area contributed by atoms with Crippen molar-refractivity contribution < 1.29 is 0 Å². The van der Waals surface area contributed by atoms with Gasteiger partial charge < -0.3 is 11.1 Å². The zero-order valence-electron chi connectivity index (χ0n) is 14.9. The van der Waals surface area contributed by atoms with E-state index in [4.69, 9.17) is 5.73 Å². The molecule has 2 aromatic carbocycles. The van der Waals surface area contributed by atoms with E-state index in [1.54, 1.807) is 6.20 Å². The number of hydrogen-bond donors (Lipinski definition) is 2. The first-order valence-corrected chi connectivity index (χ1v) is 9.54. The number of hydrogen-bond acceptors (Lipinski definition) is 6. The van der Waals surface area contributed by atoms with Crippen molar-refractivity contribution in [1.29, 1.82) is 0 Å². The van der Waals surface area contributed by atoms with Crippen molar-refractivity contribution in [1.82, 2.24) is 15.0 Å². The quantitative estimate of drug-likeness (QED) is 0.476. The molecule has 0 aliphatic rings. The normalized spacial score (nSPS) is 10.9. The van der Waals surface area contributed by atoms with Crippen LogP contribution in [0.4, 0.5) is 17.2 Å². The molecule has 2 heterocycles. The summed E-state index contributed by atoms with van der Waals surface area (Å²) < 4.78 is 0. The lowest BCUT2D eigenvalue weighted by Crippen LogP contribution is -2.02. The highest BCUT2D eigenvalue weighted by atomic mass is 32.2. The highest BCUT2D eigenvalue weighted by Gasteiger charge is 2.12. The minimum Gasteiger partial charge on any atom is -0.394 e. The highest BCUT2D eigenvalue weighted by molar-refractivity contribution is 7.99. The number of nitrogens with zero attached hydrogens (tertiary/aromatic N) is 3. The smallest absolute Gasteiger partial charge is 0.158 e. The minimum absolute atomic E-state index is 0.523. The van der Waals surface area contributed by atoms with Gasteiger partial charge in [-0.1, -0.05) is 49.0 Å². The van der Waals surface area contributed by atoms with E-state index in [9.17, 15) is 0 Å². The van der Waals surface area contributed by atoms with E-state index in [1.165, 1.54) is 23.7 Å². The van der Waals surface area contributed by atoms with Gasteiger partial charge in [-0.15, -0.1) is 0 Å². The van der Waals surface area contributed by atoms with Crippen LogP contribution in [-0.4, -0.2) is 15.0 Å². The average Bonchev–Trinajstić information content (AvgIpc) is 2.72. The van der Waals surface area contributed by atoms with Crippen LogP contribution in [0.1, 0.15) is 12.5 Å². The maximum absolute atomic E-state index is 6.35. The van der Waals surface area contributed by atoms with E-state index in [0.717, 1.165) is 27.9 Å². The Balaban J connectivity index is 1.63. The molecule has 0 atom stereocenters. The van der Waals surface area contributed by atoms with Crippen LogP contribution >= 0.6 is 11.8 Å². The van der Waals surface area contributed by atoms with Crippen LogP contribution < -0.4 is 11.1 Å². The number of fused-ring (bicyclic) bond motifs is 1. The molecule has 0 radical (unpaired) electrons. The number of anilines is 3. The summed E-state index contributed by atoms with van der Waals surface area (Å²) in [5, 5.41) is 5.07. The van der Waals surface area contributed by atoms with Crippen LogP contribution in [0.2, 0.25) is 0 Å². The van der Waals surface area contributed by atoms with Gasteiger partial charge in [0.2, 0.25) is 0 Å². The van der Waals surface area contributed by atoms with Crippen molar-refractivity contribution in [3.05, 3.63) is 72.7 Å². The lowest BCUT2D eigenvalue weighted by atomic mass is 10.1. The van der Waals surface area contributed by atoms with E-state index < -0.39 is 0 Å². The molecule has 0 fully saturated rings. The first-order chi connectivity index (χ1) is 13.2. The topological polar surface area (TPSA) is 76.7 Å². The highest BCUT2D eigenvalue weighted by Crippen LogP contribution is 2.36. The van der Waals surface area contributed by atoms with Crippen LogP contribution in [0, 0.1) is 0 Å². The zero-order chi connectivity index (χ0) is 18.6. The molecule has 4 aromatic rings. The Kier molecular flexibility index (Phi) is 4.89. The Hall–Kier alpha value is -3.12. The van der Waals surface area contributed by atoms with E-state index in [0.29, 0.717) is 16.5 Å². The summed E-state index contributed by atoms with van der Waals surface area (Å²) in [5.74, 6) is 0.602. The number of nitrogen functional groups attached to an aromatic ring is 1. The molecule has 2 aromatic heterocycles. The number of nitrogens with one attached hydrogen (secondary N) is 1. The van der Waals surface area contributed by atoms with Crippen molar-refractivity contribution >= 4 is 39.9 Å². The third-order valence-corrected chi connectivity index (χ3v) is 5.34. The largest absolute Gasteiger partial charge is 0.394 e. The fourth-order valence-electron chi connectivity index (χ4n) is 2.78. The van der Waals surface area contributed by atoms with Gasteiger partial charge in [-0.3, -0.25) is 4.98 Å². The van der Waals surface area contributed by atoms with Crippen LogP contribution in [0.5, 0.6) is 0 Å². The summed E-state index contributed by atoms with van der Waals surface area (Å²) in [6, 6.07) is 18.3. The maximum Gasteiger partial charge on any atom is 0.158 e. The Morgan fingerprint density at radius 1 is 0.963 bits per heavy atom. The Morgan fingerprint density at radius 2 is 1.78 bits per heavy atom. The van der Waals surface area contributed by atoms with Gasteiger partial charge in [0.1, 0.15) is 17.0 Å². The van der Waals surface area contributed by atoms with Crippen LogP contribution in [0.25, 0.3) is 10.9 Å². The molecule has 0 saturated heterocycles. The molecule has 5 nitrogen and oxygen atoms in total. The third-order valence-electron chi connectivity index (χ3n) is 4.27. The van der Waals surface area contributed by atoms with E-state index in [-0.39, 0.29) is 0 Å². The zero-order valence-corrected chi connectivity index (χ0v) is 15.7. The van der Waals surface area contributed by atoms with Crippen molar-refractivity contribution in [2.24, 2.45) is 0 Å². The fraction of sp³-hybridized carbons (Fsp3) is 0.0952. The number of aromatic nitrogens is 3. The molecule has 0 aliphatic carbocycles. The van der Waals surface area contributed by atoms with E-state index in [2.05, 4.69) is 39.3 Å². The van der Waals surface area contributed by atoms with Crippen LogP contribution in [0.15, 0.2) is 77.0 Å². The fourth-order valence-corrected chi connectivity index (χ4v) is 3.71. The molecular weight excluding hydrogens is 354 g/mol. The molecule has 4 rings (SSSR count). The second-order valence-electron chi connectivity index (χ2n) is 6.05. The molecule has 0 amide bonds. The molecular formula is C21H19N5S. The van der Waals surface area contributed by atoms with E-state index in [1.807, 2.05) is 42.5 Å². The van der Waals surface area contributed by atoms with Crippen molar-refractivity contribution in [3.63, 3.8) is 0 Å². The molecule has 0 aliphatic heterocycles. The van der Waals surface area contributed by atoms with Crippen LogP contribution in [-0.2, 0) is 6.42 Å². The van der Waals surface area contributed by atoms with Crippen molar-refractivity contribution in [3.8, 4) is 0 Å². The Labute approximate surface area is 162 Å². The van der Waals surface area contributed by atoms with E-state index >= 15 is 0 Å². The van der Waals surface area contributed by atoms with Gasteiger partial charge in [-0.05, 0) is 36.2 Å². The SMILES string of the molecule is CCc1ccc(Nc2ncnc(Sc3cccc4cccnc34)c2N)cc1. The van der Waals surface area contributed by atoms with Gasteiger partial charge >= 0.3 is 0 Å². The van der Waals surface area contributed by atoms with Crippen molar-refractivity contribution in [2.45, 2.75) is 23.3 Å².